The first kappa shape index (κ1) is 19.8. The third-order valence-corrected chi connectivity index (χ3v) is 6.40. The molecule has 4 rings (SSSR count). The van der Waals surface area contributed by atoms with E-state index in [-0.39, 0.29) is 41.9 Å². The third-order valence-electron chi connectivity index (χ3n) is 6.40. The minimum absolute atomic E-state index is 0.0369. The highest BCUT2D eigenvalue weighted by atomic mass is 19.1. The van der Waals surface area contributed by atoms with Crippen LogP contribution in [-0.4, -0.2) is 58.7 Å². The van der Waals surface area contributed by atoms with E-state index in [1.807, 2.05) is 13.0 Å². The Morgan fingerprint density at radius 1 is 1.28 bits per heavy atom. The predicted octanol–water partition coefficient (Wildman–Crippen LogP) is 1.73. The van der Waals surface area contributed by atoms with Gasteiger partial charge in [0.1, 0.15) is 5.82 Å². The Morgan fingerprint density at radius 2 is 2.03 bits per heavy atom. The van der Waals surface area contributed by atoms with Crippen LogP contribution in [0, 0.1) is 17.7 Å². The summed E-state index contributed by atoms with van der Waals surface area (Å²) in [5.74, 6) is -1.08. The van der Waals surface area contributed by atoms with E-state index in [2.05, 4.69) is 4.90 Å². The topological polar surface area (TPSA) is 65.8 Å². The molecule has 1 aromatic heterocycles. The van der Waals surface area contributed by atoms with Gasteiger partial charge in [0.25, 0.3) is 5.56 Å². The van der Waals surface area contributed by atoms with Crippen LogP contribution in [0.25, 0.3) is 11.1 Å². The lowest BCUT2D eigenvalue weighted by molar-refractivity contribution is -0.135. The van der Waals surface area contributed by atoms with Crippen molar-refractivity contribution < 1.29 is 14.3 Å². The molecule has 2 bridgehead atoms. The Bertz CT molecular complexity index is 1000. The van der Waals surface area contributed by atoms with Gasteiger partial charge < -0.3 is 14.6 Å². The van der Waals surface area contributed by atoms with Crippen molar-refractivity contribution in [2.24, 2.45) is 11.8 Å². The van der Waals surface area contributed by atoms with Crippen molar-refractivity contribution in [3.8, 4) is 11.1 Å². The summed E-state index contributed by atoms with van der Waals surface area (Å²) >= 11 is 0. The number of nitrogens with zero attached hydrogens (tertiary/aromatic N) is 3. The van der Waals surface area contributed by atoms with Crippen molar-refractivity contribution in [3.63, 3.8) is 0 Å². The number of hydrogen-bond donors (Lipinski definition) is 1. The number of halogens is 1. The van der Waals surface area contributed by atoms with Gasteiger partial charge >= 0.3 is 0 Å². The van der Waals surface area contributed by atoms with Gasteiger partial charge in [-0.05, 0) is 36.4 Å². The summed E-state index contributed by atoms with van der Waals surface area (Å²) in [4.78, 5) is 30.1. The summed E-state index contributed by atoms with van der Waals surface area (Å²) in [5, 5.41) is 10.1. The molecule has 154 valence electrons. The molecular weight excluding hydrogens is 373 g/mol. The predicted molar refractivity (Wildman–Crippen MR) is 108 cm³/mol. The minimum Gasteiger partial charge on any atom is -0.396 e. The molecule has 0 spiro atoms. The van der Waals surface area contributed by atoms with Crippen molar-refractivity contribution in [2.45, 2.75) is 25.6 Å². The molecule has 0 saturated carbocycles. The molecule has 0 aliphatic carbocycles. The zero-order valence-electron chi connectivity index (χ0n) is 16.9. The largest absolute Gasteiger partial charge is 0.396 e. The maximum atomic E-state index is 13.7. The van der Waals surface area contributed by atoms with Crippen molar-refractivity contribution in [2.75, 3.05) is 27.2 Å². The van der Waals surface area contributed by atoms with Gasteiger partial charge in [-0.2, -0.15) is 0 Å². The van der Waals surface area contributed by atoms with Gasteiger partial charge in [-0.1, -0.05) is 19.1 Å². The van der Waals surface area contributed by atoms with Gasteiger partial charge in [0.05, 0.1) is 12.0 Å². The molecule has 4 atom stereocenters. The number of rotatable bonds is 4. The van der Waals surface area contributed by atoms with Crippen LogP contribution in [0.2, 0.25) is 0 Å². The maximum Gasteiger partial charge on any atom is 0.258 e. The Hall–Kier alpha value is -2.51. The van der Waals surface area contributed by atoms with E-state index in [4.69, 9.17) is 0 Å². The van der Waals surface area contributed by atoms with Gasteiger partial charge in [0, 0.05) is 50.5 Å². The zero-order valence-corrected chi connectivity index (χ0v) is 16.9. The molecule has 0 radical (unpaired) electrons. The highest BCUT2D eigenvalue weighted by molar-refractivity contribution is 5.80. The van der Waals surface area contributed by atoms with E-state index >= 15 is 0 Å². The fraction of sp³-hybridized carbons (Fsp3) is 0.455. The second kappa shape index (κ2) is 7.39. The first-order valence-electron chi connectivity index (χ1n) is 9.96. The van der Waals surface area contributed by atoms with Crippen LogP contribution in [0.15, 0.2) is 41.2 Å². The highest BCUT2D eigenvalue weighted by Crippen LogP contribution is 2.48. The Labute approximate surface area is 169 Å². The molecule has 1 saturated heterocycles. The molecule has 2 aliphatic heterocycles. The van der Waals surface area contributed by atoms with Crippen molar-refractivity contribution >= 4 is 5.91 Å². The third kappa shape index (κ3) is 3.00. The minimum atomic E-state index is -0.409. The van der Waals surface area contributed by atoms with Crippen molar-refractivity contribution in [1.29, 1.82) is 0 Å². The number of pyridine rings is 1. The summed E-state index contributed by atoms with van der Waals surface area (Å²) < 4.78 is 15.4. The number of carbonyl (C=O) groups is 1. The number of fused-ring (bicyclic) bond motifs is 4. The van der Waals surface area contributed by atoms with E-state index in [0.29, 0.717) is 17.7 Å². The Kier molecular flexibility index (Phi) is 5.04. The fourth-order valence-corrected chi connectivity index (χ4v) is 5.11. The van der Waals surface area contributed by atoms with E-state index in [0.717, 1.165) is 12.2 Å². The van der Waals surface area contributed by atoms with Crippen LogP contribution in [0.1, 0.15) is 18.7 Å². The maximum absolute atomic E-state index is 13.7. The summed E-state index contributed by atoms with van der Waals surface area (Å²) in [6.07, 6.45) is 0. The van der Waals surface area contributed by atoms with Crippen LogP contribution in [0.4, 0.5) is 4.39 Å². The second-order valence-corrected chi connectivity index (χ2v) is 8.05. The number of aromatic nitrogens is 1. The zero-order chi connectivity index (χ0) is 20.9. The number of likely N-dealkylation sites (N-methyl/N-ethyl adjacent to an activating group) is 1. The molecule has 2 aromatic rings. The fourth-order valence-electron chi connectivity index (χ4n) is 5.11. The van der Waals surface area contributed by atoms with Gasteiger partial charge in [-0.15, -0.1) is 0 Å². The summed E-state index contributed by atoms with van der Waals surface area (Å²) in [6.45, 7) is 3.06. The van der Waals surface area contributed by atoms with Crippen LogP contribution >= 0.6 is 0 Å². The van der Waals surface area contributed by atoms with Gasteiger partial charge in [-0.3, -0.25) is 14.5 Å². The SMILES string of the molecule is CCN1[C@@H]2Cn3c(ccc(-c4cccc(F)c4)c3=O)[C@H]1[C@@H](C(=O)N(C)C)[C@@H]2CO. The number of hydrogen-bond acceptors (Lipinski definition) is 4. The Morgan fingerprint density at radius 3 is 2.66 bits per heavy atom. The quantitative estimate of drug-likeness (QED) is 0.850. The molecule has 1 amide bonds. The van der Waals surface area contributed by atoms with Crippen LogP contribution in [0.5, 0.6) is 0 Å². The smallest absolute Gasteiger partial charge is 0.258 e. The number of carbonyl (C=O) groups excluding carboxylic acids is 1. The molecule has 1 aromatic carbocycles. The highest BCUT2D eigenvalue weighted by Gasteiger charge is 2.55. The van der Waals surface area contributed by atoms with Crippen LogP contribution in [-0.2, 0) is 11.3 Å². The van der Waals surface area contributed by atoms with Gasteiger partial charge in [0.15, 0.2) is 0 Å². The van der Waals surface area contributed by atoms with Crippen molar-refractivity contribution in [3.05, 3.63) is 58.3 Å². The van der Waals surface area contributed by atoms with E-state index < -0.39 is 5.92 Å². The van der Waals surface area contributed by atoms with Gasteiger partial charge in [-0.25, -0.2) is 4.39 Å². The molecule has 6 nitrogen and oxygen atoms in total. The molecule has 7 heteroatoms. The first-order valence-corrected chi connectivity index (χ1v) is 9.96. The molecule has 1 fully saturated rings. The normalized spacial score (nSPS) is 25.7. The Balaban J connectivity index is 1.87. The van der Waals surface area contributed by atoms with Crippen LogP contribution < -0.4 is 5.56 Å². The monoisotopic (exact) mass is 399 g/mol. The van der Waals surface area contributed by atoms with Crippen molar-refractivity contribution in [1.82, 2.24) is 14.4 Å². The molecular formula is C22H26FN3O3. The summed E-state index contributed by atoms with van der Waals surface area (Å²) in [6, 6.07) is 9.25. The van der Waals surface area contributed by atoms with E-state index in [1.54, 1.807) is 41.8 Å². The van der Waals surface area contributed by atoms with E-state index in [9.17, 15) is 19.1 Å². The lowest BCUT2D eigenvalue weighted by atomic mass is 9.86. The standard InChI is InChI=1S/C22H26FN3O3/c1-4-25-18-11-26-17(20(25)19(16(18)12-27)22(29)24(2)3)9-8-15(21(26)28)13-6-5-7-14(23)10-13/h5-10,16,18-20,27H,4,11-12H2,1-3H3/t16-,18-,19+,20+/m1/s1. The second-order valence-electron chi connectivity index (χ2n) is 8.05. The molecule has 29 heavy (non-hydrogen) atoms. The summed E-state index contributed by atoms with van der Waals surface area (Å²) in [7, 11) is 3.44. The summed E-state index contributed by atoms with van der Waals surface area (Å²) in [5.41, 5.74) is 1.57. The molecule has 0 unspecified atom stereocenters. The molecule has 3 heterocycles. The number of aliphatic hydroxyl groups excluding tert-OH is 1. The molecule has 1 N–H and O–H groups in total. The molecule has 2 aliphatic rings. The van der Waals surface area contributed by atoms with Crippen LogP contribution in [0.3, 0.4) is 0 Å². The average Bonchev–Trinajstić information content (AvgIpc) is 2.93. The lowest BCUT2D eigenvalue weighted by Crippen LogP contribution is -2.46. The lowest BCUT2D eigenvalue weighted by Gasteiger charge is -2.37. The first-order chi connectivity index (χ1) is 13.9. The number of amides is 1. The van der Waals surface area contributed by atoms with Gasteiger partial charge in [0.2, 0.25) is 5.91 Å². The number of benzene rings is 1. The number of aliphatic hydroxyl groups is 1. The average molecular weight is 399 g/mol. The van der Waals surface area contributed by atoms with E-state index in [1.165, 1.54) is 12.1 Å².